The number of rotatable bonds is 67. The molecule has 0 bridgehead atoms. The van der Waals surface area contributed by atoms with Crippen molar-refractivity contribution < 1.29 is 0 Å². The average Bonchev–Trinajstić information content (AvgIpc) is 0.851. The Bertz CT molecular complexity index is 2380. The van der Waals surface area contributed by atoms with Gasteiger partial charge >= 0.3 is 0 Å². The van der Waals surface area contributed by atoms with Gasteiger partial charge in [-0.15, -0.1) is 0 Å². The maximum Gasteiger partial charge on any atom is 0.132 e. The topological polar surface area (TPSA) is 24.7 Å². The third-order valence-electron chi connectivity index (χ3n) is 19.6. The molecule has 0 saturated heterocycles. The van der Waals surface area contributed by atoms with Gasteiger partial charge in [-0.05, 0) is 250 Å². The van der Waals surface area contributed by atoms with Crippen LogP contribution < -0.4 is 0 Å². The Morgan fingerprint density at radius 3 is 0.833 bits per heavy atom. The molecule has 0 aliphatic heterocycles. The van der Waals surface area contributed by atoms with Crippen LogP contribution in [0.1, 0.15) is 422 Å². The molecule has 0 aliphatic carbocycles. The zero-order valence-electron chi connectivity index (χ0n) is 64.9. The van der Waals surface area contributed by atoms with Gasteiger partial charge in [0.25, 0.3) is 0 Å². The third-order valence-corrected chi connectivity index (χ3v) is 19.6. The van der Waals surface area contributed by atoms with E-state index in [0.717, 1.165) is 120 Å². The first-order valence-corrected chi connectivity index (χ1v) is 42.4. The summed E-state index contributed by atoms with van der Waals surface area (Å²) in [6.07, 6.45) is 106. The summed E-state index contributed by atoms with van der Waals surface area (Å²) in [6.45, 7) is 16.2. The van der Waals surface area contributed by atoms with Crippen LogP contribution in [0.2, 0.25) is 0 Å². The summed E-state index contributed by atoms with van der Waals surface area (Å²) in [6, 6.07) is 9.71. The number of aliphatic imine (C=N–C) groups is 2. The van der Waals surface area contributed by atoms with Crippen LogP contribution in [-0.4, -0.2) is 11.9 Å². The highest BCUT2D eigenvalue weighted by atomic mass is 14.8. The molecule has 0 spiro atoms. The van der Waals surface area contributed by atoms with Gasteiger partial charge in [-0.25, -0.2) is 4.99 Å². The molecule has 0 aromatic heterocycles. The van der Waals surface area contributed by atoms with E-state index in [2.05, 4.69) is 164 Å². The predicted octanol–water partition coefficient (Wildman–Crippen LogP) is 31.6. The lowest BCUT2D eigenvalue weighted by atomic mass is 9.89. The summed E-state index contributed by atoms with van der Waals surface area (Å²) in [5.74, 6) is 7.48. The van der Waals surface area contributed by atoms with Crippen LogP contribution in [0.4, 0.5) is 11.4 Å². The summed E-state index contributed by atoms with van der Waals surface area (Å²) in [5, 5.41) is 0. The fourth-order valence-electron chi connectivity index (χ4n) is 13.5. The lowest BCUT2D eigenvalue weighted by molar-refractivity contribution is 0.530. The van der Waals surface area contributed by atoms with Crippen LogP contribution in [-0.2, 0) is 38.5 Å². The number of allylic oxidation sites excluding steroid dienone is 12. The fraction of sp³-hybridized carbons (Fsp3) is 0.702. The SMILES string of the molecule is CCCCC/C=C/CCCc1ccc(N=CC(C#CCCCCCCCCCCCCCCCCCC)=Nc2ccc(CCC/C=C/CCCCC)c(CCC/C=C/CCCCC)c2CCC/C=C/CCCCC)c(CCC/C=C/CCCCC)c1CCC/C=C/CCCCC. The Hall–Kier alpha value is -4.22. The van der Waals surface area contributed by atoms with E-state index < -0.39 is 0 Å². The smallest absolute Gasteiger partial charge is 0.132 e. The molecule has 0 saturated carbocycles. The normalized spacial score (nSPS) is 12.4. The van der Waals surface area contributed by atoms with E-state index in [-0.39, 0.29) is 0 Å². The van der Waals surface area contributed by atoms with Crippen LogP contribution in [0.5, 0.6) is 0 Å². The quantitative estimate of drug-likeness (QED) is 0.0273. The monoisotopic (exact) mass is 1310 g/mol. The molecule has 0 heterocycles. The summed E-state index contributed by atoms with van der Waals surface area (Å²) in [5.41, 5.74) is 12.2. The Morgan fingerprint density at radius 1 is 0.260 bits per heavy atom. The molecule has 0 unspecified atom stereocenters. The molecular formula is C94H156N2. The molecule has 2 heteroatoms. The van der Waals surface area contributed by atoms with Crippen molar-refractivity contribution in [3.8, 4) is 11.8 Å². The molecule has 0 radical (unpaired) electrons. The number of unbranched alkanes of at least 4 members (excludes halogenated alkanes) is 40. The van der Waals surface area contributed by atoms with Crippen molar-refractivity contribution >= 4 is 23.3 Å². The van der Waals surface area contributed by atoms with E-state index in [1.165, 1.54) is 287 Å². The molecule has 0 fully saturated rings. The molecule has 542 valence electrons. The van der Waals surface area contributed by atoms with Crippen molar-refractivity contribution in [3.05, 3.63) is 131 Å². The number of aryl methyl sites for hydroxylation is 2. The van der Waals surface area contributed by atoms with Crippen LogP contribution >= 0.6 is 0 Å². The van der Waals surface area contributed by atoms with Crippen LogP contribution in [0.3, 0.4) is 0 Å². The molecule has 0 amide bonds. The lowest BCUT2D eigenvalue weighted by Crippen LogP contribution is -2.05. The third kappa shape index (κ3) is 50.2. The summed E-state index contributed by atoms with van der Waals surface area (Å²) >= 11 is 0. The standard InChI is InChI=1S/C94H156N2/c1-8-15-22-29-36-43-44-45-46-47-48-49-50-51-52-55-62-69-76-88(96-94-84-82-87(75-68-61-54-38-31-24-17-10-3)90(78-71-64-57-40-33-26-19-12-5)92(94)80-73-66-59-42-35-28-21-14-7)85-95-93-83-81-86(74-67-60-53-37-30-23-16-9-2)89(77-70-63-56-39-32-25-18-11-4)91(93)79-72-65-58-41-34-27-20-13-6/h37-42,53-54,56-59,81-85H,8-36,43-52,55,60-68,70-75,77-80H2,1-7H3/b53-37+,54-38+,56-39+,57-40+,58-41+,59-42+,95-85?,96-88?. The fourth-order valence-corrected chi connectivity index (χ4v) is 13.5. The molecule has 0 atom stereocenters. The summed E-state index contributed by atoms with van der Waals surface area (Å²) in [4.78, 5) is 11.4. The van der Waals surface area contributed by atoms with Crippen LogP contribution in [0.15, 0.2) is 107 Å². The first-order chi connectivity index (χ1) is 47.6. The second-order valence-electron chi connectivity index (χ2n) is 28.7. The Labute approximate surface area is 599 Å². The van der Waals surface area contributed by atoms with Crippen molar-refractivity contribution in [2.75, 3.05) is 0 Å². The number of hydrogen-bond acceptors (Lipinski definition) is 2. The van der Waals surface area contributed by atoms with Crippen LogP contribution in [0, 0.1) is 11.8 Å². The van der Waals surface area contributed by atoms with Crippen molar-refractivity contribution in [2.45, 2.75) is 427 Å². The zero-order valence-corrected chi connectivity index (χ0v) is 64.9. The second kappa shape index (κ2) is 69.3. The minimum atomic E-state index is 0.816. The molecule has 2 aromatic carbocycles. The van der Waals surface area contributed by atoms with Crippen molar-refractivity contribution in [2.24, 2.45) is 9.98 Å². The molecular weight excluding hydrogens is 1160 g/mol. The highest BCUT2D eigenvalue weighted by Crippen LogP contribution is 2.33. The molecule has 2 nitrogen and oxygen atoms in total. The molecule has 0 aliphatic rings. The van der Waals surface area contributed by atoms with E-state index in [9.17, 15) is 0 Å². The second-order valence-corrected chi connectivity index (χ2v) is 28.7. The van der Waals surface area contributed by atoms with Gasteiger partial charge < -0.3 is 0 Å². The molecule has 2 aromatic rings. The number of benzene rings is 2. The summed E-state index contributed by atoms with van der Waals surface area (Å²) in [7, 11) is 0. The van der Waals surface area contributed by atoms with Gasteiger partial charge in [0.05, 0.1) is 17.6 Å². The van der Waals surface area contributed by atoms with E-state index in [1.807, 2.05) is 0 Å². The highest BCUT2D eigenvalue weighted by molar-refractivity contribution is 6.39. The van der Waals surface area contributed by atoms with E-state index in [1.54, 1.807) is 22.3 Å². The van der Waals surface area contributed by atoms with E-state index in [0.29, 0.717) is 0 Å². The first kappa shape index (κ1) is 87.9. The van der Waals surface area contributed by atoms with Gasteiger partial charge in [0.15, 0.2) is 0 Å². The van der Waals surface area contributed by atoms with Crippen molar-refractivity contribution in [3.63, 3.8) is 0 Å². The van der Waals surface area contributed by atoms with Crippen molar-refractivity contribution in [1.29, 1.82) is 0 Å². The minimum Gasteiger partial charge on any atom is -0.254 e. The van der Waals surface area contributed by atoms with Gasteiger partial charge in [-0.2, -0.15) is 0 Å². The number of nitrogens with zero attached hydrogens (tertiary/aromatic N) is 2. The first-order valence-electron chi connectivity index (χ1n) is 42.4. The highest BCUT2D eigenvalue weighted by Gasteiger charge is 2.16. The zero-order chi connectivity index (χ0) is 68.8. The average molecular weight is 1310 g/mol. The van der Waals surface area contributed by atoms with E-state index >= 15 is 0 Å². The molecule has 0 N–H and O–H groups in total. The Balaban J connectivity index is 2.81. The van der Waals surface area contributed by atoms with Gasteiger partial charge in [0, 0.05) is 6.42 Å². The Morgan fingerprint density at radius 2 is 0.510 bits per heavy atom. The molecule has 96 heavy (non-hydrogen) atoms. The Kier molecular flexibility index (Phi) is 63.4. The lowest BCUT2D eigenvalue weighted by Gasteiger charge is -2.18. The van der Waals surface area contributed by atoms with Gasteiger partial charge in [-0.3, -0.25) is 4.99 Å². The summed E-state index contributed by atoms with van der Waals surface area (Å²) < 4.78 is 0. The van der Waals surface area contributed by atoms with Gasteiger partial charge in [0.1, 0.15) is 5.71 Å². The largest absolute Gasteiger partial charge is 0.254 e. The van der Waals surface area contributed by atoms with Crippen molar-refractivity contribution in [1.82, 2.24) is 0 Å². The maximum absolute atomic E-state index is 5.76. The molecule has 2 rings (SSSR count). The van der Waals surface area contributed by atoms with Gasteiger partial charge in [-0.1, -0.05) is 313 Å². The van der Waals surface area contributed by atoms with Crippen LogP contribution in [0.25, 0.3) is 0 Å². The maximum atomic E-state index is 5.76. The van der Waals surface area contributed by atoms with E-state index in [4.69, 9.17) is 9.98 Å². The predicted molar refractivity (Wildman–Crippen MR) is 437 cm³/mol. The minimum absolute atomic E-state index is 0.816. The van der Waals surface area contributed by atoms with Gasteiger partial charge in [0.2, 0.25) is 0 Å². The number of hydrogen-bond donors (Lipinski definition) is 0.